The van der Waals surface area contributed by atoms with Crippen molar-refractivity contribution >= 4 is 17.3 Å². The van der Waals surface area contributed by atoms with Crippen molar-refractivity contribution in [1.82, 2.24) is 9.88 Å². The summed E-state index contributed by atoms with van der Waals surface area (Å²) in [6, 6.07) is 10.2. The molecule has 1 saturated heterocycles. The largest absolute Gasteiger partial charge is 0.354 e. The molecule has 4 heteroatoms. The molecule has 0 aliphatic carbocycles. The van der Waals surface area contributed by atoms with E-state index < -0.39 is 0 Å². The van der Waals surface area contributed by atoms with Gasteiger partial charge >= 0.3 is 0 Å². The van der Waals surface area contributed by atoms with Crippen LogP contribution in [-0.4, -0.2) is 28.9 Å². The van der Waals surface area contributed by atoms with Crippen LogP contribution >= 0.6 is 0 Å². The van der Waals surface area contributed by atoms with Crippen molar-refractivity contribution in [3.05, 3.63) is 53.9 Å². The van der Waals surface area contributed by atoms with Crippen molar-refractivity contribution in [3.8, 4) is 0 Å². The summed E-state index contributed by atoms with van der Waals surface area (Å²) in [6.45, 7) is 6.03. The normalized spacial score (nSPS) is 17.6. The minimum atomic E-state index is 0.0824. The third-order valence-corrected chi connectivity index (χ3v) is 4.58. The average Bonchev–Trinajstić information content (AvgIpc) is 2.62. The van der Waals surface area contributed by atoms with Crippen molar-refractivity contribution in [2.75, 3.05) is 18.4 Å². The zero-order valence-corrected chi connectivity index (χ0v) is 14.5. The lowest BCUT2D eigenvalue weighted by molar-refractivity contribution is 0.0682. The number of nitrogens with one attached hydrogen (secondary N) is 1. The van der Waals surface area contributed by atoms with Gasteiger partial charge in [0.2, 0.25) is 0 Å². The highest BCUT2D eigenvalue weighted by molar-refractivity contribution is 5.95. The van der Waals surface area contributed by atoms with E-state index in [-0.39, 0.29) is 5.91 Å². The van der Waals surface area contributed by atoms with E-state index in [1.165, 1.54) is 12.0 Å². The molecule has 1 amide bonds. The summed E-state index contributed by atoms with van der Waals surface area (Å²) in [7, 11) is 0. The standard InChI is InChI=1S/C20H25N3O/c1-3-16-6-8-18(9-7-16)22-19-11-17(12-21-13-19)20(24)23-10-4-5-15(2)14-23/h6-9,11-13,15,22H,3-5,10,14H2,1-2H3. The van der Waals surface area contributed by atoms with Gasteiger partial charge in [0.25, 0.3) is 5.91 Å². The maximum atomic E-state index is 12.7. The lowest BCUT2D eigenvalue weighted by atomic mass is 10.00. The van der Waals surface area contributed by atoms with Crippen molar-refractivity contribution in [2.24, 2.45) is 5.92 Å². The Bertz CT molecular complexity index is 696. The van der Waals surface area contributed by atoms with Crippen molar-refractivity contribution in [2.45, 2.75) is 33.1 Å². The van der Waals surface area contributed by atoms with Crippen LogP contribution in [0.2, 0.25) is 0 Å². The van der Waals surface area contributed by atoms with E-state index in [0.29, 0.717) is 11.5 Å². The van der Waals surface area contributed by atoms with E-state index in [9.17, 15) is 4.79 Å². The number of carbonyl (C=O) groups is 1. The highest BCUT2D eigenvalue weighted by Gasteiger charge is 2.22. The molecule has 0 radical (unpaired) electrons. The van der Waals surface area contributed by atoms with Crippen LogP contribution in [0.3, 0.4) is 0 Å². The first kappa shape index (κ1) is 16.5. The molecule has 2 heterocycles. The van der Waals surface area contributed by atoms with Gasteiger partial charge in [-0.3, -0.25) is 9.78 Å². The maximum Gasteiger partial charge on any atom is 0.255 e. The first-order valence-electron chi connectivity index (χ1n) is 8.76. The second-order valence-electron chi connectivity index (χ2n) is 6.64. The van der Waals surface area contributed by atoms with Crippen molar-refractivity contribution < 1.29 is 4.79 Å². The van der Waals surface area contributed by atoms with Crippen LogP contribution < -0.4 is 5.32 Å². The van der Waals surface area contributed by atoms with Crippen LogP contribution in [0, 0.1) is 5.92 Å². The van der Waals surface area contributed by atoms with E-state index in [0.717, 1.165) is 37.3 Å². The Hall–Kier alpha value is -2.36. The monoisotopic (exact) mass is 323 g/mol. The van der Waals surface area contributed by atoms with Gasteiger partial charge in [-0.1, -0.05) is 26.0 Å². The molecule has 1 aliphatic rings. The maximum absolute atomic E-state index is 12.7. The second-order valence-corrected chi connectivity index (χ2v) is 6.64. The Morgan fingerprint density at radius 1 is 1.25 bits per heavy atom. The van der Waals surface area contributed by atoms with Gasteiger partial charge in [-0.25, -0.2) is 0 Å². The molecular weight excluding hydrogens is 298 g/mol. The number of rotatable bonds is 4. The van der Waals surface area contributed by atoms with Gasteiger partial charge in [0, 0.05) is 25.0 Å². The first-order valence-corrected chi connectivity index (χ1v) is 8.76. The molecule has 1 aromatic heterocycles. The smallest absolute Gasteiger partial charge is 0.255 e. The molecule has 1 fully saturated rings. The third kappa shape index (κ3) is 3.94. The molecule has 1 N–H and O–H groups in total. The fraction of sp³-hybridized carbons (Fsp3) is 0.400. The van der Waals surface area contributed by atoms with Gasteiger partial charge < -0.3 is 10.2 Å². The highest BCUT2D eigenvalue weighted by atomic mass is 16.2. The van der Waals surface area contributed by atoms with Crippen LogP contribution in [0.4, 0.5) is 11.4 Å². The minimum absolute atomic E-state index is 0.0824. The Balaban J connectivity index is 1.72. The highest BCUT2D eigenvalue weighted by Crippen LogP contribution is 2.21. The van der Waals surface area contributed by atoms with E-state index in [4.69, 9.17) is 0 Å². The summed E-state index contributed by atoms with van der Waals surface area (Å²) >= 11 is 0. The lowest BCUT2D eigenvalue weighted by Gasteiger charge is -2.31. The summed E-state index contributed by atoms with van der Waals surface area (Å²) in [6.07, 6.45) is 6.73. The fourth-order valence-electron chi connectivity index (χ4n) is 3.17. The predicted octanol–water partition coefficient (Wildman–Crippen LogP) is 4.26. The van der Waals surface area contributed by atoms with Crippen molar-refractivity contribution in [1.29, 1.82) is 0 Å². The van der Waals surface area contributed by atoms with Crippen molar-refractivity contribution in [3.63, 3.8) is 0 Å². The van der Waals surface area contributed by atoms with Gasteiger partial charge in [-0.2, -0.15) is 0 Å². The zero-order chi connectivity index (χ0) is 16.9. The molecule has 0 bridgehead atoms. The SMILES string of the molecule is CCc1ccc(Nc2cncc(C(=O)N3CCCC(C)C3)c2)cc1. The molecule has 24 heavy (non-hydrogen) atoms. The minimum Gasteiger partial charge on any atom is -0.354 e. The van der Waals surface area contributed by atoms with Gasteiger partial charge in [0.05, 0.1) is 17.4 Å². The van der Waals surface area contributed by atoms with E-state index >= 15 is 0 Å². The number of likely N-dealkylation sites (tertiary alicyclic amines) is 1. The predicted molar refractivity (Wildman–Crippen MR) is 97.6 cm³/mol. The topological polar surface area (TPSA) is 45.2 Å². The number of piperidine rings is 1. The van der Waals surface area contributed by atoms with Crippen LogP contribution in [0.25, 0.3) is 0 Å². The number of nitrogens with zero attached hydrogens (tertiary/aromatic N) is 2. The van der Waals surface area contributed by atoms with E-state index in [2.05, 4.69) is 48.4 Å². The number of carbonyl (C=O) groups excluding carboxylic acids is 1. The molecule has 126 valence electrons. The number of aromatic nitrogens is 1. The van der Waals surface area contributed by atoms with Crippen LogP contribution in [0.15, 0.2) is 42.7 Å². The molecule has 2 aromatic rings. The number of benzene rings is 1. The summed E-state index contributed by atoms with van der Waals surface area (Å²) < 4.78 is 0. The third-order valence-electron chi connectivity index (χ3n) is 4.58. The number of hydrogen-bond acceptors (Lipinski definition) is 3. The Labute approximate surface area is 143 Å². The van der Waals surface area contributed by atoms with Crippen LogP contribution in [-0.2, 0) is 6.42 Å². The quantitative estimate of drug-likeness (QED) is 0.914. The number of anilines is 2. The summed E-state index contributed by atoms with van der Waals surface area (Å²) in [5, 5.41) is 3.33. The number of amides is 1. The molecule has 1 aliphatic heterocycles. The number of hydrogen-bond donors (Lipinski definition) is 1. The molecule has 1 atom stereocenters. The number of aryl methyl sites for hydroxylation is 1. The molecular formula is C20H25N3O. The second kappa shape index (κ2) is 7.47. The van der Waals surface area contributed by atoms with Gasteiger partial charge in [-0.05, 0) is 48.9 Å². The lowest BCUT2D eigenvalue weighted by Crippen LogP contribution is -2.39. The van der Waals surface area contributed by atoms with Gasteiger partial charge in [-0.15, -0.1) is 0 Å². The van der Waals surface area contributed by atoms with Gasteiger partial charge in [0.1, 0.15) is 0 Å². The summed E-state index contributed by atoms with van der Waals surface area (Å²) in [5.41, 5.74) is 3.81. The molecule has 1 aromatic carbocycles. The fourth-order valence-corrected chi connectivity index (χ4v) is 3.17. The molecule has 1 unspecified atom stereocenters. The average molecular weight is 323 g/mol. The molecule has 4 nitrogen and oxygen atoms in total. The zero-order valence-electron chi connectivity index (χ0n) is 14.5. The Morgan fingerprint density at radius 3 is 2.75 bits per heavy atom. The molecule has 3 rings (SSSR count). The molecule has 0 saturated carbocycles. The Kier molecular flexibility index (Phi) is 5.14. The Morgan fingerprint density at radius 2 is 2.04 bits per heavy atom. The van der Waals surface area contributed by atoms with E-state index in [1.54, 1.807) is 12.4 Å². The first-order chi connectivity index (χ1) is 11.7. The van der Waals surface area contributed by atoms with E-state index in [1.807, 2.05) is 11.0 Å². The van der Waals surface area contributed by atoms with Crippen LogP contribution in [0.1, 0.15) is 42.6 Å². The summed E-state index contributed by atoms with van der Waals surface area (Å²) in [5.74, 6) is 0.660. The summed E-state index contributed by atoms with van der Waals surface area (Å²) in [4.78, 5) is 18.9. The van der Waals surface area contributed by atoms with Gasteiger partial charge in [0.15, 0.2) is 0 Å². The molecule has 0 spiro atoms. The number of pyridine rings is 1. The van der Waals surface area contributed by atoms with Crippen LogP contribution in [0.5, 0.6) is 0 Å².